The van der Waals surface area contributed by atoms with Crippen LogP contribution in [0.4, 0.5) is 4.39 Å². The lowest BCUT2D eigenvalue weighted by Crippen LogP contribution is -2.37. The summed E-state index contributed by atoms with van der Waals surface area (Å²) >= 11 is 5.58. The number of carbonyl (C=O) groups excluding carboxylic acids is 1. The maximum absolute atomic E-state index is 12.8. The Kier molecular flexibility index (Phi) is 4.67. The number of carbonyl (C=O) groups is 1. The van der Waals surface area contributed by atoms with E-state index in [1.165, 1.54) is 12.1 Å². The van der Waals surface area contributed by atoms with Crippen molar-refractivity contribution in [2.75, 3.05) is 6.54 Å². The molecule has 4 N–H and O–H groups in total. The third kappa shape index (κ3) is 3.77. The number of amides is 1. The van der Waals surface area contributed by atoms with E-state index in [2.05, 4.69) is 5.32 Å². The van der Waals surface area contributed by atoms with E-state index in [1.807, 2.05) is 0 Å². The molecular weight excluding hydrogens is 235 g/mol. The monoisotopic (exact) mass is 246 g/mol. The molecule has 1 rings (SSSR count). The second-order valence-corrected chi connectivity index (χ2v) is 3.70. The Morgan fingerprint density at radius 3 is 2.88 bits per heavy atom. The van der Waals surface area contributed by atoms with E-state index >= 15 is 0 Å². The predicted octanol–water partition coefficient (Wildman–Crippen LogP) is 0.415. The summed E-state index contributed by atoms with van der Waals surface area (Å²) in [6.07, 6.45) is -1.23. The van der Waals surface area contributed by atoms with Crippen LogP contribution in [0, 0.1) is 5.82 Å². The summed E-state index contributed by atoms with van der Waals surface area (Å²) in [5, 5.41) is 11.9. The molecule has 1 amide bonds. The van der Waals surface area contributed by atoms with Crippen molar-refractivity contribution in [1.29, 1.82) is 0 Å². The Bertz CT molecular complexity index is 387. The summed E-state index contributed by atoms with van der Waals surface area (Å²) in [5.74, 6) is -1.27. The summed E-state index contributed by atoms with van der Waals surface area (Å²) in [5.41, 5.74) is 5.61. The van der Waals surface area contributed by atoms with Gasteiger partial charge in [-0.3, -0.25) is 4.79 Å². The molecular formula is C10H12ClFN2O2. The molecule has 1 aromatic carbocycles. The first-order chi connectivity index (χ1) is 7.50. The van der Waals surface area contributed by atoms with Gasteiger partial charge in [-0.05, 0) is 17.7 Å². The maximum atomic E-state index is 12.8. The van der Waals surface area contributed by atoms with Gasteiger partial charge in [-0.25, -0.2) is 4.39 Å². The number of hydrogen-bond donors (Lipinski definition) is 3. The van der Waals surface area contributed by atoms with Crippen LogP contribution in [-0.2, 0) is 11.3 Å². The van der Waals surface area contributed by atoms with Crippen molar-refractivity contribution in [3.8, 4) is 0 Å². The first kappa shape index (κ1) is 12.9. The molecule has 0 aliphatic heterocycles. The highest BCUT2D eigenvalue weighted by atomic mass is 35.5. The summed E-state index contributed by atoms with van der Waals surface area (Å²) in [6, 6.07) is 4.29. The number of aliphatic hydroxyl groups excluding tert-OH is 1. The minimum Gasteiger partial charge on any atom is -0.382 e. The van der Waals surface area contributed by atoms with Gasteiger partial charge >= 0.3 is 0 Å². The molecule has 0 radical (unpaired) electrons. The van der Waals surface area contributed by atoms with Gasteiger partial charge in [0.05, 0.1) is 5.02 Å². The third-order valence-electron chi connectivity index (χ3n) is 1.98. The van der Waals surface area contributed by atoms with Crippen LogP contribution >= 0.6 is 11.6 Å². The molecule has 1 atom stereocenters. The van der Waals surface area contributed by atoms with Crippen LogP contribution in [0.25, 0.3) is 0 Å². The first-order valence-electron chi connectivity index (χ1n) is 4.62. The Labute approximate surface area is 97.2 Å². The lowest BCUT2D eigenvalue weighted by atomic mass is 10.2. The highest BCUT2D eigenvalue weighted by molar-refractivity contribution is 6.30. The van der Waals surface area contributed by atoms with Crippen LogP contribution in [0.1, 0.15) is 5.56 Å². The summed E-state index contributed by atoms with van der Waals surface area (Å²) in [6.45, 7) is 0.411. The lowest BCUT2D eigenvalue weighted by Gasteiger charge is -2.08. The number of nitrogens with one attached hydrogen (secondary N) is 1. The first-order valence-corrected chi connectivity index (χ1v) is 5.00. The van der Waals surface area contributed by atoms with Crippen LogP contribution in [0.2, 0.25) is 5.02 Å². The van der Waals surface area contributed by atoms with Crippen molar-refractivity contribution in [3.05, 3.63) is 34.6 Å². The quantitative estimate of drug-likeness (QED) is 0.705. The van der Waals surface area contributed by atoms with Crippen LogP contribution in [-0.4, -0.2) is 23.7 Å². The van der Waals surface area contributed by atoms with E-state index in [0.29, 0.717) is 6.54 Å². The predicted molar refractivity (Wildman–Crippen MR) is 58.3 cm³/mol. The van der Waals surface area contributed by atoms with Crippen molar-refractivity contribution in [3.63, 3.8) is 0 Å². The number of rotatable bonds is 5. The topological polar surface area (TPSA) is 75.4 Å². The van der Waals surface area contributed by atoms with Gasteiger partial charge in [0.2, 0.25) is 5.91 Å². The molecule has 16 heavy (non-hydrogen) atoms. The lowest BCUT2D eigenvalue weighted by molar-refractivity contribution is -0.125. The van der Waals surface area contributed by atoms with Crippen molar-refractivity contribution in [1.82, 2.24) is 5.32 Å². The van der Waals surface area contributed by atoms with E-state index in [0.717, 1.165) is 5.56 Å². The van der Waals surface area contributed by atoms with Gasteiger partial charge in [-0.1, -0.05) is 17.7 Å². The zero-order chi connectivity index (χ0) is 12.1. The Hall–Kier alpha value is -1.17. The third-order valence-corrected chi connectivity index (χ3v) is 2.27. The minimum atomic E-state index is -1.23. The molecule has 6 heteroatoms. The fourth-order valence-corrected chi connectivity index (χ4v) is 1.31. The summed E-state index contributed by atoms with van der Waals surface area (Å²) in [7, 11) is 0. The number of halogens is 2. The fourth-order valence-electron chi connectivity index (χ4n) is 1.10. The molecule has 0 saturated carbocycles. The molecule has 88 valence electrons. The average Bonchev–Trinajstić information content (AvgIpc) is 2.23. The molecule has 0 bridgehead atoms. The van der Waals surface area contributed by atoms with E-state index < -0.39 is 17.8 Å². The Morgan fingerprint density at radius 2 is 2.31 bits per heavy atom. The van der Waals surface area contributed by atoms with Gasteiger partial charge in [-0.2, -0.15) is 0 Å². The van der Waals surface area contributed by atoms with E-state index in [9.17, 15) is 9.18 Å². The largest absolute Gasteiger partial charge is 0.382 e. The van der Waals surface area contributed by atoms with Crippen molar-refractivity contribution in [2.45, 2.75) is 12.6 Å². The van der Waals surface area contributed by atoms with Crippen molar-refractivity contribution < 1.29 is 14.3 Å². The van der Waals surface area contributed by atoms with Crippen LogP contribution in [0.15, 0.2) is 18.2 Å². The van der Waals surface area contributed by atoms with Gasteiger partial charge in [0, 0.05) is 13.1 Å². The number of benzene rings is 1. The highest BCUT2D eigenvalue weighted by Gasteiger charge is 2.09. The second-order valence-electron chi connectivity index (χ2n) is 3.30. The van der Waals surface area contributed by atoms with Gasteiger partial charge in [0.1, 0.15) is 11.9 Å². The van der Waals surface area contributed by atoms with E-state index in [4.69, 9.17) is 22.4 Å². The van der Waals surface area contributed by atoms with Gasteiger partial charge in [-0.15, -0.1) is 0 Å². The zero-order valence-corrected chi connectivity index (χ0v) is 9.17. The van der Waals surface area contributed by atoms with E-state index in [1.54, 1.807) is 6.07 Å². The number of primary amides is 1. The van der Waals surface area contributed by atoms with Crippen molar-refractivity contribution >= 4 is 17.5 Å². The van der Waals surface area contributed by atoms with E-state index in [-0.39, 0.29) is 11.6 Å². The molecule has 0 aliphatic carbocycles. The number of aliphatic hydroxyl groups is 1. The Balaban J connectivity index is 2.43. The minimum absolute atomic E-state index is 0.0368. The summed E-state index contributed by atoms with van der Waals surface area (Å²) in [4.78, 5) is 10.5. The van der Waals surface area contributed by atoms with Crippen LogP contribution in [0.3, 0.4) is 0 Å². The smallest absolute Gasteiger partial charge is 0.247 e. The molecule has 1 unspecified atom stereocenters. The second kappa shape index (κ2) is 5.79. The SMILES string of the molecule is NC(=O)C(O)CNCc1ccc(F)c(Cl)c1. The van der Waals surface area contributed by atoms with Crippen molar-refractivity contribution in [2.24, 2.45) is 5.73 Å². The molecule has 0 aromatic heterocycles. The number of nitrogens with two attached hydrogens (primary N) is 1. The zero-order valence-electron chi connectivity index (χ0n) is 8.41. The Morgan fingerprint density at radius 1 is 1.62 bits per heavy atom. The molecule has 0 heterocycles. The van der Waals surface area contributed by atoms with Gasteiger partial charge < -0.3 is 16.2 Å². The average molecular weight is 247 g/mol. The standard InChI is InChI=1S/C10H12ClFN2O2/c11-7-3-6(1-2-8(7)12)4-14-5-9(15)10(13)16/h1-3,9,14-15H,4-5H2,(H2,13,16). The molecule has 0 saturated heterocycles. The van der Waals surface area contributed by atoms with Crippen LogP contribution < -0.4 is 11.1 Å². The fraction of sp³-hybridized carbons (Fsp3) is 0.300. The number of hydrogen-bond acceptors (Lipinski definition) is 3. The maximum Gasteiger partial charge on any atom is 0.247 e. The van der Waals surface area contributed by atoms with Crippen LogP contribution in [0.5, 0.6) is 0 Å². The molecule has 0 aliphatic rings. The normalized spacial score (nSPS) is 12.4. The molecule has 1 aromatic rings. The van der Waals surface area contributed by atoms with Gasteiger partial charge in [0.15, 0.2) is 0 Å². The summed E-state index contributed by atoms with van der Waals surface area (Å²) < 4.78 is 12.8. The molecule has 0 spiro atoms. The molecule has 0 fully saturated rings. The highest BCUT2D eigenvalue weighted by Crippen LogP contribution is 2.15. The van der Waals surface area contributed by atoms with Gasteiger partial charge in [0.25, 0.3) is 0 Å². The molecule has 4 nitrogen and oxygen atoms in total.